The van der Waals surface area contributed by atoms with Crippen molar-refractivity contribution in [3.63, 3.8) is 0 Å². The van der Waals surface area contributed by atoms with Crippen molar-refractivity contribution in [3.05, 3.63) is 65.2 Å². The van der Waals surface area contributed by atoms with E-state index in [4.69, 9.17) is 4.74 Å². The Morgan fingerprint density at radius 1 is 1.08 bits per heavy atom. The highest BCUT2D eigenvalue weighted by atomic mass is 16.5. The number of amides is 2. The van der Waals surface area contributed by atoms with Crippen molar-refractivity contribution < 1.29 is 14.3 Å². The zero-order chi connectivity index (χ0) is 17.9. The van der Waals surface area contributed by atoms with E-state index in [9.17, 15) is 9.59 Å². The second-order valence-electron chi connectivity index (χ2n) is 6.82. The summed E-state index contributed by atoms with van der Waals surface area (Å²) in [5.41, 5.74) is 3.74. The average molecular weight is 350 g/mol. The lowest BCUT2D eigenvalue weighted by atomic mass is 9.99. The number of benzene rings is 2. The van der Waals surface area contributed by atoms with Crippen LogP contribution in [0.25, 0.3) is 0 Å². The summed E-state index contributed by atoms with van der Waals surface area (Å²) in [6, 6.07) is 15.4. The lowest BCUT2D eigenvalue weighted by molar-refractivity contribution is -0.124. The van der Waals surface area contributed by atoms with E-state index in [1.54, 1.807) is 24.3 Å². The molecule has 2 heterocycles. The fourth-order valence-corrected chi connectivity index (χ4v) is 3.59. The number of nitrogens with one attached hydrogen (secondary N) is 1. The molecule has 0 spiro atoms. The molecule has 0 radical (unpaired) electrons. The van der Waals surface area contributed by atoms with Gasteiger partial charge < -0.3 is 15.0 Å². The summed E-state index contributed by atoms with van der Waals surface area (Å²) >= 11 is 0. The van der Waals surface area contributed by atoms with E-state index in [0.717, 1.165) is 19.3 Å². The maximum Gasteiger partial charge on any atom is 0.254 e. The zero-order valence-electron chi connectivity index (χ0n) is 14.6. The smallest absolute Gasteiger partial charge is 0.254 e. The Hall–Kier alpha value is -2.66. The predicted molar refractivity (Wildman–Crippen MR) is 98.9 cm³/mol. The maximum absolute atomic E-state index is 12.9. The number of rotatable bonds is 3. The highest BCUT2D eigenvalue weighted by Gasteiger charge is 2.24. The van der Waals surface area contributed by atoms with Crippen LogP contribution in [0.5, 0.6) is 0 Å². The molecule has 5 heteroatoms. The summed E-state index contributed by atoms with van der Waals surface area (Å²) in [5, 5.41) is 2.86. The Labute approximate surface area is 153 Å². The number of ether oxygens (including phenoxy) is 1. The topological polar surface area (TPSA) is 58.6 Å². The maximum atomic E-state index is 12.9. The third kappa shape index (κ3) is 3.48. The van der Waals surface area contributed by atoms with Gasteiger partial charge in [-0.1, -0.05) is 30.3 Å². The Kier molecular flexibility index (Phi) is 4.71. The van der Waals surface area contributed by atoms with Crippen molar-refractivity contribution >= 4 is 17.5 Å². The van der Waals surface area contributed by atoms with Gasteiger partial charge in [-0.05, 0) is 48.6 Å². The van der Waals surface area contributed by atoms with Crippen molar-refractivity contribution in [1.82, 2.24) is 4.90 Å². The van der Waals surface area contributed by atoms with E-state index >= 15 is 0 Å². The summed E-state index contributed by atoms with van der Waals surface area (Å²) in [6.45, 7) is 1.97. The van der Waals surface area contributed by atoms with Gasteiger partial charge in [0, 0.05) is 30.9 Å². The number of carbonyl (C=O) groups excluding carboxylic acids is 2. The molecule has 1 unspecified atom stereocenters. The van der Waals surface area contributed by atoms with Crippen LogP contribution in [0, 0.1) is 0 Å². The van der Waals surface area contributed by atoms with Gasteiger partial charge in [-0.15, -0.1) is 0 Å². The van der Waals surface area contributed by atoms with Crippen LogP contribution in [-0.2, 0) is 22.5 Å². The van der Waals surface area contributed by atoms with Gasteiger partial charge in [0.25, 0.3) is 11.8 Å². The van der Waals surface area contributed by atoms with Gasteiger partial charge in [0.2, 0.25) is 0 Å². The monoisotopic (exact) mass is 350 g/mol. The van der Waals surface area contributed by atoms with Gasteiger partial charge in [-0.2, -0.15) is 0 Å². The van der Waals surface area contributed by atoms with E-state index in [1.165, 1.54) is 11.1 Å². The molecule has 0 bridgehead atoms. The summed E-state index contributed by atoms with van der Waals surface area (Å²) in [7, 11) is 0. The molecule has 1 fully saturated rings. The van der Waals surface area contributed by atoms with Crippen molar-refractivity contribution in [1.29, 1.82) is 0 Å². The molecule has 2 aliphatic heterocycles. The molecule has 1 saturated heterocycles. The number of anilines is 1. The summed E-state index contributed by atoms with van der Waals surface area (Å²) in [4.78, 5) is 27.0. The molecule has 2 amide bonds. The van der Waals surface area contributed by atoms with Crippen molar-refractivity contribution in [3.8, 4) is 0 Å². The minimum absolute atomic E-state index is 0.00674. The number of nitrogens with zero attached hydrogens (tertiary/aromatic N) is 1. The SMILES string of the molecule is O=C(Nc1cccc(C(=O)N2CCc3ccccc3C2)c1)C1CCCO1. The van der Waals surface area contributed by atoms with E-state index < -0.39 is 0 Å². The van der Waals surface area contributed by atoms with Crippen molar-refractivity contribution in [2.45, 2.75) is 31.9 Å². The van der Waals surface area contributed by atoms with Gasteiger partial charge in [0.05, 0.1) is 0 Å². The van der Waals surface area contributed by atoms with E-state index in [-0.39, 0.29) is 17.9 Å². The second kappa shape index (κ2) is 7.30. The average Bonchev–Trinajstić information content (AvgIpc) is 3.22. The molecule has 5 nitrogen and oxygen atoms in total. The molecule has 134 valence electrons. The second-order valence-corrected chi connectivity index (χ2v) is 6.82. The minimum atomic E-state index is -0.382. The lowest BCUT2D eigenvalue weighted by Crippen LogP contribution is -2.36. The molecule has 4 rings (SSSR count). The molecule has 1 N–H and O–H groups in total. The first-order chi connectivity index (χ1) is 12.7. The number of hydrogen-bond acceptors (Lipinski definition) is 3. The molecule has 0 saturated carbocycles. The molecule has 26 heavy (non-hydrogen) atoms. The van der Waals surface area contributed by atoms with Crippen LogP contribution in [0.1, 0.15) is 34.3 Å². The fraction of sp³-hybridized carbons (Fsp3) is 0.333. The molecule has 2 aliphatic rings. The van der Waals surface area contributed by atoms with Crippen LogP contribution in [0.3, 0.4) is 0 Å². The van der Waals surface area contributed by atoms with Crippen LogP contribution in [-0.4, -0.2) is 36.0 Å². The van der Waals surface area contributed by atoms with E-state index in [2.05, 4.69) is 17.4 Å². The highest BCUT2D eigenvalue weighted by Crippen LogP contribution is 2.22. The van der Waals surface area contributed by atoms with Crippen LogP contribution in [0.15, 0.2) is 48.5 Å². The summed E-state index contributed by atoms with van der Waals surface area (Å²) < 4.78 is 5.41. The molecule has 2 aromatic rings. The van der Waals surface area contributed by atoms with Crippen LogP contribution in [0.4, 0.5) is 5.69 Å². The van der Waals surface area contributed by atoms with Crippen LogP contribution < -0.4 is 5.32 Å². The first-order valence-corrected chi connectivity index (χ1v) is 9.09. The molecular weight excluding hydrogens is 328 g/mol. The van der Waals surface area contributed by atoms with Gasteiger partial charge in [0.15, 0.2) is 0 Å². The van der Waals surface area contributed by atoms with E-state index in [1.807, 2.05) is 17.0 Å². The highest BCUT2D eigenvalue weighted by molar-refractivity contribution is 5.98. The van der Waals surface area contributed by atoms with Crippen LogP contribution in [0.2, 0.25) is 0 Å². The summed E-state index contributed by atoms with van der Waals surface area (Å²) in [6.07, 6.45) is 2.15. The van der Waals surface area contributed by atoms with Crippen LogP contribution >= 0.6 is 0 Å². The molecule has 0 aromatic heterocycles. The standard InChI is InChI=1S/C21H22N2O3/c24-20(19-9-4-12-26-19)22-18-8-3-7-16(13-18)21(25)23-11-10-15-5-1-2-6-17(15)14-23/h1-3,5-8,13,19H,4,9-12,14H2,(H,22,24). The third-order valence-corrected chi connectivity index (χ3v) is 5.02. The molecule has 1 atom stereocenters. The van der Waals surface area contributed by atoms with Gasteiger partial charge in [-0.25, -0.2) is 0 Å². The van der Waals surface area contributed by atoms with Crippen molar-refractivity contribution in [2.24, 2.45) is 0 Å². The Balaban J connectivity index is 1.46. The third-order valence-electron chi connectivity index (χ3n) is 5.02. The van der Waals surface area contributed by atoms with Gasteiger partial charge >= 0.3 is 0 Å². The van der Waals surface area contributed by atoms with E-state index in [0.29, 0.717) is 30.9 Å². The Bertz CT molecular complexity index is 828. The number of carbonyl (C=O) groups is 2. The Morgan fingerprint density at radius 3 is 2.73 bits per heavy atom. The fourth-order valence-electron chi connectivity index (χ4n) is 3.59. The first-order valence-electron chi connectivity index (χ1n) is 9.09. The zero-order valence-corrected chi connectivity index (χ0v) is 14.6. The molecular formula is C21H22N2O3. The first kappa shape index (κ1) is 16.8. The van der Waals surface area contributed by atoms with Gasteiger partial charge in [-0.3, -0.25) is 9.59 Å². The normalized spacial score (nSPS) is 19.1. The number of hydrogen-bond donors (Lipinski definition) is 1. The Morgan fingerprint density at radius 2 is 1.92 bits per heavy atom. The predicted octanol–water partition coefficient (Wildman–Crippen LogP) is 3.00. The largest absolute Gasteiger partial charge is 0.368 e. The lowest BCUT2D eigenvalue weighted by Gasteiger charge is -2.29. The summed E-state index contributed by atoms with van der Waals surface area (Å²) in [5.74, 6) is -0.147. The quantitative estimate of drug-likeness (QED) is 0.926. The molecule has 0 aliphatic carbocycles. The minimum Gasteiger partial charge on any atom is -0.368 e. The van der Waals surface area contributed by atoms with Gasteiger partial charge in [0.1, 0.15) is 6.10 Å². The van der Waals surface area contributed by atoms with Crippen molar-refractivity contribution in [2.75, 3.05) is 18.5 Å². The number of fused-ring (bicyclic) bond motifs is 1. The molecule has 2 aromatic carbocycles.